The molecular weight excluding hydrogens is 479 g/mol. The van der Waals surface area contributed by atoms with Crippen LogP contribution in [0.1, 0.15) is 38.1 Å². The van der Waals surface area contributed by atoms with Crippen molar-refractivity contribution in [3.63, 3.8) is 0 Å². The van der Waals surface area contributed by atoms with Crippen molar-refractivity contribution < 1.29 is 14.4 Å². The van der Waals surface area contributed by atoms with Gasteiger partial charge in [-0.1, -0.05) is 63.2 Å². The fourth-order valence-electron chi connectivity index (χ4n) is 4.87. The van der Waals surface area contributed by atoms with Gasteiger partial charge in [-0.05, 0) is 61.5 Å². The Morgan fingerprint density at radius 1 is 0.865 bits per heavy atom. The van der Waals surface area contributed by atoms with E-state index in [9.17, 15) is 9.90 Å². The third-order valence-corrected chi connectivity index (χ3v) is 10.4. The minimum absolute atomic E-state index is 0.203. The number of fused-ring (bicyclic) bond motifs is 3. The molecule has 0 fully saturated rings. The molecule has 5 aromatic rings. The first-order chi connectivity index (χ1) is 17.7. The molecule has 0 radical (unpaired) electrons. The normalized spacial score (nSPS) is 13.4. The molecular formula is C31H31N2O3P. The van der Waals surface area contributed by atoms with Crippen LogP contribution in [0.3, 0.4) is 0 Å². The monoisotopic (exact) mass is 510 g/mol. The minimum Gasteiger partial charge on any atom is -0.478 e. The van der Waals surface area contributed by atoms with Crippen molar-refractivity contribution in [3.8, 4) is 5.75 Å². The summed E-state index contributed by atoms with van der Waals surface area (Å²) >= 11 is 0. The molecule has 1 atom stereocenters. The summed E-state index contributed by atoms with van der Waals surface area (Å²) in [6.45, 7) is 9.47. The van der Waals surface area contributed by atoms with Crippen LogP contribution in [0.2, 0.25) is 0 Å². The zero-order chi connectivity index (χ0) is 26.2. The predicted octanol–water partition coefficient (Wildman–Crippen LogP) is 8.46. The van der Waals surface area contributed by atoms with Crippen molar-refractivity contribution in [2.24, 2.45) is 4.74 Å². The Bertz CT molecular complexity index is 1660. The molecule has 1 unspecified atom stereocenters. The minimum atomic E-state index is -2.78. The highest BCUT2D eigenvalue weighted by Crippen LogP contribution is 2.62. The van der Waals surface area contributed by atoms with Gasteiger partial charge in [-0.2, -0.15) is 0 Å². The highest BCUT2D eigenvalue weighted by molar-refractivity contribution is 7.71. The van der Waals surface area contributed by atoms with Gasteiger partial charge < -0.3 is 14.2 Å². The van der Waals surface area contributed by atoms with Crippen LogP contribution in [-0.4, -0.2) is 20.8 Å². The van der Waals surface area contributed by atoms with Crippen molar-refractivity contribution in [3.05, 3.63) is 103 Å². The number of nitrogens with zero attached hydrogens (tertiary/aromatic N) is 2. The summed E-state index contributed by atoms with van der Waals surface area (Å²) in [5, 5.41) is 12.6. The number of aromatic nitrogens is 1. The van der Waals surface area contributed by atoms with E-state index in [1.54, 1.807) is 18.2 Å². The van der Waals surface area contributed by atoms with Gasteiger partial charge in [0.2, 0.25) is 0 Å². The first-order valence-electron chi connectivity index (χ1n) is 12.5. The molecule has 1 aromatic heterocycles. The van der Waals surface area contributed by atoms with E-state index in [0.29, 0.717) is 5.69 Å². The van der Waals surface area contributed by atoms with Gasteiger partial charge in [-0.25, -0.2) is 9.54 Å². The number of para-hydroxylation sites is 2. The molecule has 6 heteroatoms. The fourth-order valence-corrected chi connectivity index (χ4v) is 7.94. The Hall–Kier alpha value is -3.82. The van der Waals surface area contributed by atoms with Crippen molar-refractivity contribution in [1.82, 2.24) is 4.57 Å². The number of aromatic carboxylic acids is 1. The molecule has 188 valence electrons. The maximum absolute atomic E-state index is 11.7. The summed E-state index contributed by atoms with van der Waals surface area (Å²) < 4.78 is 14.6. The number of aryl methyl sites for hydroxylation is 1. The second-order valence-electron chi connectivity index (χ2n) is 10.1. The number of hydrogen-bond donors (Lipinski definition) is 1. The number of carboxylic acids is 1. The second kappa shape index (κ2) is 9.57. The van der Waals surface area contributed by atoms with E-state index in [-0.39, 0.29) is 5.56 Å². The third kappa shape index (κ3) is 4.45. The fraction of sp³-hybridized carbons (Fsp3) is 0.194. The molecule has 0 amide bonds. The maximum atomic E-state index is 11.7. The number of rotatable bonds is 6. The number of carboxylic acid groups (broad SMARTS) is 1. The largest absolute Gasteiger partial charge is 0.478 e. The Kier molecular flexibility index (Phi) is 6.43. The summed E-state index contributed by atoms with van der Waals surface area (Å²) in [6, 6.07) is 31.6. The Labute approximate surface area is 217 Å². The van der Waals surface area contributed by atoms with Gasteiger partial charge in [0.05, 0.1) is 11.3 Å². The van der Waals surface area contributed by atoms with Gasteiger partial charge in [0.1, 0.15) is 5.75 Å². The standard InChI is InChI=1S/C31H31N2O3P/c1-5-33-28-17-10-9-16-26(28)27-21-25(18-19-29(27)33)37(31(2,3)4,36-24-14-7-6-8-15-24)32-23-13-11-12-22(20-23)30(34)35/h6-21H,5H2,1-4H3,(H,34,35). The average Bonchev–Trinajstić information content (AvgIpc) is 3.21. The first kappa shape index (κ1) is 24.9. The van der Waals surface area contributed by atoms with Crippen LogP contribution < -0.4 is 9.83 Å². The predicted molar refractivity (Wildman–Crippen MR) is 154 cm³/mol. The van der Waals surface area contributed by atoms with Crippen LogP contribution in [0.4, 0.5) is 5.69 Å². The summed E-state index contributed by atoms with van der Waals surface area (Å²) in [6.07, 6.45) is 0. The number of hydrogen-bond acceptors (Lipinski definition) is 3. The van der Waals surface area contributed by atoms with E-state index in [1.807, 2.05) is 36.4 Å². The van der Waals surface area contributed by atoms with Crippen LogP contribution in [0.25, 0.3) is 21.8 Å². The first-order valence-corrected chi connectivity index (χ1v) is 14.1. The van der Waals surface area contributed by atoms with Gasteiger partial charge in [0, 0.05) is 38.8 Å². The van der Waals surface area contributed by atoms with E-state index in [0.717, 1.165) is 23.0 Å². The molecule has 1 heterocycles. The zero-order valence-corrected chi connectivity index (χ0v) is 22.4. The van der Waals surface area contributed by atoms with Crippen LogP contribution in [0.15, 0.2) is 102 Å². The summed E-state index contributed by atoms with van der Waals surface area (Å²) in [7, 11) is -2.78. The molecule has 4 aromatic carbocycles. The lowest BCUT2D eigenvalue weighted by atomic mass is 10.1. The third-order valence-electron chi connectivity index (χ3n) is 6.66. The summed E-state index contributed by atoms with van der Waals surface area (Å²) in [5.74, 6) is -0.241. The van der Waals surface area contributed by atoms with E-state index in [4.69, 9.17) is 9.27 Å². The number of carbonyl (C=O) groups is 1. The van der Waals surface area contributed by atoms with Crippen LogP contribution in [0, 0.1) is 0 Å². The van der Waals surface area contributed by atoms with Crippen molar-refractivity contribution >= 4 is 46.0 Å². The van der Waals surface area contributed by atoms with E-state index < -0.39 is 18.4 Å². The molecule has 5 nitrogen and oxygen atoms in total. The van der Waals surface area contributed by atoms with Crippen LogP contribution >= 0.6 is 7.28 Å². The molecule has 0 aliphatic heterocycles. The summed E-state index contributed by atoms with van der Waals surface area (Å²) in [5.41, 5.74) is 3.17. The van der Waals surface area contributed by atoms with Crippen molar-refractivity contribution in [2.45, 2.75) is 39.4 Å². The second-order valence-corrected chi connectivity index (χ2v) is 13.5. The topological polar surface area (TPSA) is 63.8 Å². The molecule has 1 N–H and O–H groups in total. The molecule has 0 saturated heterocycles. The average molecular weight is 511 g/mol. The van der Waals surface area contributed by atoms with E-state index in [1.165, 1.54) is 16.4 Å². The van der Waals surface area contributed by atoms with Crippen LogP contribution in [0.5, 0.6) is 5.75 Å². The molecule has 0 aliphatic rings. The lowest BCUT2D eigenvalue weighted by molar-refractivity contribution is 0.0697. The highest BCUT2D eigenvalue weighted by Gasteiger charge is 2.39. The van der Waals surface area contributed by atoms with Gasteiger partial charge in [0.25, 0.3) is 0 Å². The van der Waals surface area contributed by atoms with Crippen molar-refractivity contribution in [2.75, 3.05) is 0 Å². The van der Waals surface area contributed by atoms with Crippen LogP contribution in [-0.2, 0) is 6.54 Å². The van der Waals surface area contributed by atoms with Gasteiger partial charge >= 0.3 is 5.97 Å². The Morgan fingerprint density at radius 2 is 1.57 bits per heavy atom. The smallest absolute Gasteiger partial charge is 0.335 e. The Morgan fingerprint density at radius 3 is 2.27 bits per heavy atom. The van der Waals surface area contributed by atoms with Gasteiger partial charge in [-0.15, -0.1) is 0 Å². The molecule has 37 heavy (non-hydrogen) atoms. The summed E-state index contributed by atoms with van der Waals surface area (Å²) in [4.78, 5) is 11.7. The Balaban J connectivity index is 1.85. The van der Waals surface area contributed by atoms with Gasteiger partial charge in [-0.3, -0.25) is 0 Å². The zero-order valence-electron chi connectivity index (χ0n) is 21.6. The molecule has 0 bridgehead atoms. The number of benzene rings is 4. The lowest BCUT2D eigenvalue weighted by Gasteiger charge is -2.37. The quantitative estimate of drug-likeness (QED) is 0.233. The molecule has 5 rings (SSSR count). The van der Waals surface area contributed by atoms with E-state index >= 15 is 0 Å². The SMILES string of the molecule is CCn1c2ccccc2c2cc(P(=Nc3cccc(C(=O)O)c3)(Oc3ccccc3)C(C)(C)C)ccc21. The maximum Gasteiger partial charge on any atom is 0.335 e. The molecule has 0 saturated carbocycles. The van der Waals surface area contributed by atoms with Gasteiger partial charge in [0.15, 0.2) is 7.28 Å². The lowest BCUT2D eigenvalue weighted by Crippen LogP contribution is -2.27. The van der Waals surface area contributed by atoms with Crippen molar-refractivity contribution in [1.29, 1.82) is 0 Å². The van der Waals surface area contributed by atoms with E-state index in [2.05, 4.69) is 74.7 Å². The molecule has 0 aliphatic carbocycles. The highest BCUT2D eigenvalue weighted by atomic mass is 31.2. The molecule has 0 spiro atoms.